The van der Waals surface area contributed by atoms with Gasteiger partial charge in [-0.25, -0.2) is 0 Å². The lowest BCUT2D eigenvalue weighted by atomic mass is 10.1. The summed E-state index contributed by atoms with van der Waals surface area (Å²) in [6.07, 6.45) is 0. The zero-order valence-corrected chi connectivity index (χ0v) is 10.3. The Morgan fingerprint density at radius 1 is 1.20 bits per heavy atom. The lowest BCUT2D eigenvalue weighted by Crippen LogP contribution is -2.38. The van der Waals surface area contributed by atoms with E-state index >= 15 is 0 Å². The monoisotopic (exact) mass is 269 g/mol. The Labute approximate surface area is 99.4 Å². The molecule has 82 valence electrons. The minimum absolute atomic E-state index is 0.428. The molecule has 1 atom stereocenters. The van der Waals surface area contributed by atoms with Crippen molar-refractivity contribution >= 4 is 15.9 Å². The molecule has 0 amide bonds. The zero-order valence-electron chi connectivity index (χ0n) is 8.73. The maximum absolute atomic E-state index is 5.33. The topological polar surface area (TPSA) is 12.5 Å². The van der Waals surface area contributed by atoms with Gasteiger partial charge in [0.15, 0.2) is 0 Å². The summed E-state index contributed by atoms with van der Waals surface area (Å²) < 4.78 is 5.33. The number of morpholine rings is 1. The van der Waals surface area contributed by atoms with Crippen molar-refractivity contribution in [3.63, 3.8) is 0 Å². The molecule has 2 rings (SSSR count). The van der Waals surface area contributed by atoms with Gasteiger partial charge in [-0.1, -0.05) is 46.3 Å². The van der Waals surface area contributed by atoms with Crippen LogP contribution in [0, 0.1) is 0 Å². The van der Waals surface area contributed by atoms with Crippen LogP contribution in [0.3, 0.4) is 0 Å². The molecule has 0 saturated carbocycles. The molecule has 0 spiro atoms. The molecule has 3 heteroatoms. The van der Waals surface area contributed by atoms with Crippen LogP contribution in [0.5, 0.6) is 0 Å². The van der Waals surface area contributed by atoms with Crippen LogP contribution in [0.4, 0.5) is 0 Å². The van der Waals surface area contributed by atoms with Crippen molar-refractivity contribution in [3.05, 3.63) is 35.9 Å². The molecule has 1 heterocycles. The van der Waals surface area contributed by atoms with E-state index in [0.29, 0.717) is 4.83 Å². The number of alkyl halides is 1. The largest absolute Gasteiger partial charge is 0.379 e. The quantitative estimate of drug-likeness (QED) is 0.782. The second kappa shape index (κ2) is 5.64. The Kier molecular flexibility index (Phi) is 4.18. The first-order chi connectivity index (χ1) is 7.36. The van der Waals surface area contributed by atoms with E-state index in [1.54, 1.807) is 0 Å². The first kappa shape index (κ1) is 11.1. The molecule has 1 aliphatic rings. The summed E-state index contributed by atoms with van der Waals surface area (Å²) in [4.78, 5) is 2.87. The minimum atomic E-state index is 0.428. The van der Waals surface area contributed by atoms with Gasteiger partial charge in [0, 0.05) is 19.6 Å². The molecule has 0 aliphatic carbocycles. The first-order valence-corrected chi connectivity index (χ1v) is 6.27. The standard InChI is InChI=1S/C12H16BrNO/c13-12(11-4-2-1-3-5-11)10-14-6-8-15-9-7-14/h1-5,12H,6-10H2. The van der Waals surface area contributed by atoms with Gasteiger partial charge in [-0.3, -0.25) is 4.90 Å². The van der Waals surface area contributed by atoms with Crippen LogP contribution in [-0.2, 0) is 4.74 Å². The molecule has 0 bridgehead atoms. The van der Waals surface area contributed by atoms with Crippen molar-refractivity contribution in [1.82, 2.24) is 4.90 Å². The smallest absolute Gasteiger partial charge is 0.0594 e. The average Bonchev–Trinajstić information content (AvgIpc) is 2.31. The van der Waals surface area contributed by atoms with Gasteiger partial charge in [0.05, 0.1) is 18.0 Å². The van der Waals surface area contributed by atoms with E-state index in [1.165, 1.54) is 5.56 Å². The van der Waals surface area contributed by atoms with Gasteiger partial charge in [0.1, 0.15) is 0 Å². The summed E-state index contributed by atoms with van der Waals surface area (Å²) in [5.74, 6) is 0. The number of rotatable bonds is 3. The molecule has 0 N–H and O–H groups in total. The van der Waals surface area contributed by atoms with Gasteiger partial charge in [-0.2, -0.15) is 0 Å². The molecule has 2 nitrogen and oxygen atoms in total. The fraction of sp³-hybridized carbons (Fsp3) is 0.500. The van der Waals surface area contributed by atoms with Crippen molar-refractivity contribution in [1.29, 1.82) is 0 Å². The molecular formula is C12H16BrNO. The minimum Gasteiger partial charge on any atom is -0.379 e. The van der Waals surface area contributed by atoms with Crippen LogP contribution in [-0.4, -0.2) is 37.7 Å². The first-order valence-electron chi connectivity index (χ1n) is 5.35. The molecule has 1 aliphatic heterocycles. The average molecular weight is 270 g/mol. The molecule has 1 aromatic carbocycles. The molecule has 1 unspecified atom stereocenters. The molecule has 1 fully saturated rings. The Morgan fingerprint density at radius 3 is 2.53 bits per heavy atom. The van der Waals surface area contributed by atoms with Gasteiger partial charge in [-0.05, 0) is 5.56 Å². The third-order valence-corrected chi connectivity index (χ3v) is 3.50. The molecule has 15 heavy (non-hydrogen) atoms. The highest BCUT2D eigenvalue weighted by molar-refractivity contribution is 9.09. The maximum Gasteiger partial charge on any atom is 0.0594 e. The highest BCUT2D eigenvalue weighted by atomic mass is 79.9. The van der Waals surface area contributed by atoms with Crippen molar-refractivity contribution in [2.45, 2.75) is 4.83 Å². The van der Waals surface area contributed by atoms with Crippen LogP contribution in [0.2, 0.25) is 0 Å². The normalized spacial score (nSPS) is 20.1. The Morgan fingerprint density at radius 2 is 1.87 bits per heavy atom. The number of nitrogens with zero attached hydrogens (tertiary/aromatic N) is 1. The molecule has 0 radical (unpaired) electrons. The lowest BCUT2D eigenvalue weighted by Gasteiger charge is -2.28. The highest BCUT2D eigenvalue weighted by Crippen LogP contribution is 2.23. The van der Waals surface area contributed by atoms with Crippen LogP contribution in [0.15, 0.2) is 30.3 Å². The fourth-order valence-electron chi connectivity index (χ4n) is 1.78. The van der Waals surface area contributed by atoms with E-state index in [9.17, 15) is 0 Å². The molecule has 1 aromatic rings. The molecular weight excluding hydrogens is 254 g/mol. The second-order valence-electron chi connectivity index (χ2n) is 3.79. The Hall–Kier alpha value is -0.380. The third-order valence-electron chi connectivity index (χ3n) is 2.68. The van der Waals surface area contributed by atoms with Crippen LogP contribution >= 0.6 is 15.9 Å². The maximum atomic E-state index is 5.33. The summed E-state index contributed by atoms with van der Waals surface area (Å²) in [6, 6.07) is 10.6. The Balaban J connectivity index is 1.88. The van der Waals surface area contributed by atoms with Crippen molar-refractivity contribution in [3.8, 4) is 0 Å². The molecule has 0 aromatic heterocycles. The SMILES string of the molecule is BrC(CN1CCOCC1)c1ccccc1. The predicted octanol–water partition coefficient (Wildman–Crippen LogP) is 2.45. The van der Waals surface area contributed by atoms with Crippen LogP contribution < -0.4 is 0 Å². The third kappa shape index (κ3) is 3.30. The van der Waals surface area contributed by atoms with Crippen molar-refractivity contribution in [2.75, 3.05) is 32.8 Å². The summed E-state index contributed by atoms with van der Waals surface area (Å²) in [7, 11) is 0. The van der Waals surface area contributed by atoms with E-state index in [2.05, 4.69) is 51.2 Å². The summed E-state index contributed by atoms with van der Waals surface area (Å²) >= 11 is 3.74. The fourth-order valence-corrected chi connectivity index (χ4v) is 2.49. The van der Waals surface area contributed by atoms with E-state index in [0.717, 1.165) is 32.8 Å². The van der Waals surface area contributed by atoms with E-state index < -0.39 is 0 Å². The van der Waals surface area contributed by atoms with Gasteiger partial charge in [-0.15, -0.1) is 0 Å². The number of hydrogen-bond acceptors (Lipinski definition) is 2. The predicted molar refractivity (Wildman–Crippen MR) is 65.4 cm³/mol. The summed E-state index contributed by atoms with van der Waals surface area (Å²) in [5, 5.41) is 0. The number of benzene rings is 1. The van der Waals surface area contributed by atoms with E-state index in [1.807, 2.05) is 0 Å². The van der Waals surface area contributed by atoms with E-state index in [4.69, 9.17) is 4.74 Å². The van der Waals surface area contributed by atoms with Crippen molar-refractivity contribution < 1.29 is 4.74 Å². The zero-order chi connectivity index (χ0) is 10.5. The van der Waals surface area contributed by atoms with Gasteiger partial charge < -0.3 is 4.74 Å². The molecule has 1 saturated heterocycles. The number of halogens is 1. The van der Waals surface area contributed by atoms with Crippen LogP contribution in [0.25, 0.3) is 0 Å². The van der Waals surface area contributed by atoms with Gasteiger partial charge in [0.25, 0.3) is 0 Å². The summed E-state index contributed by atoms with van der Waals surface area (Å²) in [6.45, 7) is 4.90. The van der Waals surface area contributed by atoms with Gasteiger partial charge in [0.2, 0.25) is 0 Å². The van der Waals surface area contributed by atoms with Gasteiger partial charge >= 0.3 is 0 Å². The second-order valence-corrected chi connectivity index (χ2v) is 4.90. The highest BCUT2D eigenvalue weighted by Gasteiger charge is 2.15. The lowest BCUT2D eigenvalue weighted by molar-refractivity contribution is 0.0383. The number of ether oxygens (including phenoxy) is 1. The summed E-state index contributed by atoms with van der Waals surface area (Å²) in [5.41, 5.74) is 1.35. The number of hydrogen-bond donors (Lipinski definition) is 0. The van der Waals surface area contributed by atoms with Crippen molar-refractivity contribution in [2.24, 2.45) is 0 Å². The Bertz CT molecular complexity index is 285. The van der Waals surface area contributed by atoms with Crippen LogP contribution in [0.1, 0.15) is 10.4 Å². The van der Waals surface area contributed by atoms with E-state index in [-0.39, 0.29) is 0 Å².